The third-order valence-corrected chi connectivity index (χ3v) is 4.69. The molecule has 0 radical (unpaired) electrons. The van der Waals surface area contributed by atoms with Gasteiger partial charge in [0.25, 0.3) is 5.91 Å². The summed E-state index contributed by atoms with van der Waals surface area (Å²) in [6, 6.07) is 15.9. The van der Waals surface area contributed by atoms with E-state index in [1.807, 2.05) is 42.5 Å². The SMILES string of the molecule is Cc1cccc(COc2ccccc2/C=C2\C(=O)N(C)C(=S)N2C)c1. The van der Waals surface area contributed by atoms with Crippen molar-refractivity contribution in [2.24, 2.45) is 0 Å². The van der Waals surface area contributed by atoms with E-state index in [-0.39, 0.29) is 5.91 Å². The summed E-state index contributed by atoms with van der Waals surface area (Å²) in [5.74, 6) is 0.624. The maximum Gasteiger partial charge on any atom is 0.276 e. The summed E-state index contributed by atoms with van der Waals surface area (Å²) in [7, 11) is 3.48. The molecule has 2 aromatic rings. The molecule has 3 rings (SSSR count). The number of carbonyl (C=O) groups is 1. The first-order valence-electron chi connectivity index (χ1n) is 8.02. The molecule has 0 bridgehead atoms. The minimum Gasteiger partial charge on any atom is -0.488 e. The van der Waals surface area contributed by atoms with Crippen molar-refractivity contribution in [3.05, 3.63) is 70.9 Å². The molecule has 25 heavy (non-hydrogen) atoms. The van der Waals surface area contributed by atoms with Crippen LogP contribution >= 0.6 is 12.2 Å². The molecular weight excluding hydrogens is 332 g/mol. The number of aryl methyl sites for hydroxylation is 1. The highest BCUT2D eigenvalue weighted by Gasteiger charge is 2.32. The number of likely N-dealkylation sites (N-methyl/N-ethyl adjacent to an activating group) is 2. The van der Waals surface area contributed by atoms with Crippen LogP contribution in [0.5, 0.6) is 5.75 Å². The van der Waals surface area contributed by atoms with Crippen molar-refractivity contribution in [3.63, 3.8) is 0 Å². The summed E-state index contributed by atoms with van der Waals surface area (Å²) in [6.45, 7) is 2.53. The largest absolute Gasteiger partial charge is 0.488 e. The molecule has 0 aromatic heterocycles. The lowest BCUT2D eigenvalue weighted by atomic mass is 10.1. The summed E-state index contributed by atoms with van der Waals surface area (Å²) < 4.78 is 5.99. The zero-order valence-corrected chi connectivity index (χ0v) is 15.3. The average molecular weight is 352 g/mol. The van der Waals surface area contributed by atoms with E-state index in [2.05, 4.69) is 19.1 Å². The molecule has 128 valence electrons. The monoisotopic (exact) mass is 352 g/mol. The normalized spacial score (nSPS) is 16.0. The summed E-state index contributed by atoms with van der Waals surface area (Å²) in [4.78, 5) is 15.5. The topological polar surface area (TPSA) is 32.8 Å². The second kappa shape index (κ2) is 7.07. The summed E-state index contributed by atoms with van der Waals surface area (Å²) >= 11 is 5.25. The third-order valence-electron chi connectivity index (χ3n) is 4.15. The van der Waals surface area contributed by atoms with Crippen molar-refractivity contribution in [2.75, 3.05) is 14.1 Å². The van der Waals surface area contributed by atoms with Crippen LogP contribution in [0.1, 0.15) is 16.7 Å². The van der Waals surface area contributed by atoms with Gasteiger partial charge in [0.1, 0.15) is 18.1 Å². The second-order valence-electron chi connectivity index (χ2n) is 6.05. The highest BCUT2D eigenvalue weighted by molar-refractivity contribution is 7.80. The van der Waals surface area contributed by atoms with Crippen molar-refractivity contribution in [3.8, 4) is 5.75 Å². The van der Waals surface area contributed by atoms with Crippen LogP contribution in [0.2, 0.25) is 0 Å². The Hall–Kier alpha value is -2.66. The van der Waals surface area contributed by atoms with E-state index in [0.717, 1.165) is 16.9 Å². The Morgan fingerprint density at radius 1 is 1.08 bits per heavy atom. The smallest absolute Gasteiger partial charge is 0.276 e. The van der Waals surface area contributed by atoms with Crippen LogP contribution in [0, 0.1) is 6.92 Å². The Bertz CT molecular complexity index is 860. The van der Waals surface area contributed by atoms with Gasteiger partial charge in [0.2, 0.25) is 0 Å². The fourth-order valence-corrected chi connectivity index (χ4v) is 2.91. The number of hydrogen-bond donors (Lipinski definition) is 0. The molecule has 1 aliphatic heterocycles. The Labute approximate surface area is 153 Å². The molecule has 0 aliphatic carbocycles. The van der Waals surface area contributed by atoms with Crippen LogP contribution < -0.4 is 4.74 Å². The van der Waals surface area contributed by atoms with Gasteiger partial charge in [-0.15, -0.1) is 0 Å². The van der Waals surface area contributed by atoms with Gasteiger partial charge in [-0.1, -0.05) is 48.0 Å². The maximum absolute atomic E-state index is 12.3. The molecule has 0 atom stereocenters. The number of nitrogens with zero attached hydrogens (tertiary/aromatic N) is 2. The standard InChI is InChI=1S/C20H20N2O2S/c1-14-7-6-8-15(11-14)13-24-18-10-5-4-9-16(18)12-17-19(23)22(3)20(25)21(17)2/h4-12H,13H2,1-3H3/b17-12+. The molecule has 0 spiro atoms. The summed E-state index contributed by atoms with van der Waals surface area (Å²) in [5, 5.41) is 0.495. The van der Waals surface area contributed by atoms with Gasteiger partial charge < -0.3 is 9.64 Å². The van der Waals surface area contributed by atoms with Crippen LogP contribution in [0.15, 0.2) is 54.2 Å². The molecule has 4 nitrogen and oxygen atoms in total. The third kappa shape index (κ3) is 3.56. The molecule has 1 fully saturated rings. The van der Waals surface area contributed by atoms with Gasteiger partial charge in [-0.3, -0.25) is 9.69 Å². The molecular formula is C20H20N2O2S. The van der Waals surface area contributed by atoms with Crippen LogP contribution in [0.25, 0.3) is 6.08 Å². The number of hydrogen-bond acceptors (Lipinski definition) is 3. The Kier molecular flexibility index (Phi) is 4.86. The molecule has 1 saturated heterocycles. The van der Waals surface area contributed by atoms with E-state index < -0.39 is 0 Å². The number of benzene rings is 2. The first kappa shape index (κ1) is 17.2. The molecule has 0 saturated carbocycles. The Morgan fingerprint density at radius 3 is 2.52 bits per heavy atom. The lowest BCUT2D eigenvalue weighted by Gasteiger charge is -2.13. The number of para-hydroxylation sites is 1. The van der Waals surface area contributed by atoms with Crippen LogP contribution in [0.4, 0.5) is 0 Å². The molecule has 0 unspecified atom stereocenters. The van der Waals surface area contributed by atoms with Crippen molar-refractivity contribution in [1.82, 2.24) is 9.80 Å². The van der Waals surface area contributed by atoms with E-state index >= 15 is 0 Å². The Morgan fingerprint density at radius 2 is 1.84 bits per heavy atom. The van der Waals surface area contributed by atoms with Crippen LogP contribution in [-0.2, 0) is 11.4 Å². The maximum atomic E-state index is 12.3. The minimum atomic E-state index is -0.110. The first-order chi connectivity index (χ1) is 12.0. The zero-order chi connectivity index (χ0) is 18.0. The van der Waals surface area contributed by atoms with Gasteiger partial charge in [0, 0.05) is 19.7 Å². The van der Waals surface area contributed by atoms with E-state index in [1.54, 1.807) is 19.0 Å². The molecule has 5 heteroatoms. The highest BCUT2D eigenvalue weighted by Crippen LogP contribution is 2.26. The van der Waals surface area contributed by atoms with Gasteiger partial charge in [-0.2, -0.15) is 0 Å². The fraction of sp³-hybridized carbons (Fsp3) is 0.200. The van der Waals surface area contributed by atoms with Gasteiger partial charge in [0.05, 0.1) is 0 Å². The van der Waals surface area contributed by atoms with Crippen molar-refractivity contribution in [1.29, 1.82) is 0 Å². The fourth-order valence-electron chi connectivity index (χ4n) is 2.73. The highest BCUT2D eigenvalue weighted by atomic mass is 32.1. The second-order valence-corrected chi connectivity index (χ2v) is 6.42. The van der Waals surface area contributed by atoms with Crippen molar-refractivity contribution >= 4 is 29.3 Å². The van der Waals surface area contributed by atoms with Gasteiger partial charge in [0.15, 0.2) is 5.11 Å². The van der Waals surface area contributed by atoms with Crippen LogP contribution in [-0.4, -0.2) is 34.9 Å². The lowest BCUT2D eigenvalue weighted by Crippen LogP contribution is -2.26. The van der Waals surface area contributed by atoms with Crippen molar-refractivity contribution in [2.45, 2.75) is 13.5 Å². The number of thiocarbonyl (C=S) groups is 1. The predicted octanol–water partition coefficient (Wildman–Crippen LogP) is 3.60. The van der Waals surface area contributed by atoms with Gasteiger partial charge in [-0.25, -0.2) is 0 Å². The van der Waals surface area contributed by atoms with E-state index in [1.165, 1.54) is 10.5 Å². The molecule has 2 aromatic carbocycles. The van der Waals surface area contributed by atoms with Gasteiger partial charge in [-0.05, 0) is 36.8 Å². The minimum absolute atomic E-state index is 0.110. The van der Waals surface area contributed by atoms with E-state index in [4.69, 9.17) is 17.0 Å². The van der Waals surface area contributed by atoms with E-state index in [0.29, 0.717) is 17.4 Å². The number of carbonyl (C=O) groups excluding carboxylic acids is 1. The quantitative estimate of drug-likeness (QED) is 0.622. The first-order valence-corrected chi connectivity index (χ1v) is 8.43. The summed E-state index contributed by atoms with van der Waals surface area (Å²) in [6.07, 6.45) is 1.82. The van der Waals surface area contributed by atoms with Gasteiger partial charge >= 0.3 is 0 Å². The number of amides is 1. The molecule has 1 aliphatic rings. The van der Waals surface area contributed by atoms with Crippen molar-refractivity contribution < 1.29 is 9.53 Å². The lowest BCUT2D eigenvalue weighted by molar-refractivity contribution is -0.121. The molecule has 0 N–H and O–H groups in total. The Balaban J connectivity index is 1.85. The summed E-state index contributed by atoms with van der Waals surface area (Å²) in [5.41, 5.74) is 3.70. The zero-order valence-electron chi connectivity index (χ0n) is 14.5. The predicted molar refractivity (Wildman–Crippen MR) is 103 cm³/mol. The number of ether oxygens (including phenoxy) is 1. The number of rotatable bonds is 4. The molecule has 1 amide bonds. The van der Waals surface area contributed by atoms with E-state index in [9.17, 15) is 4.79 Å². The average Bonchev–Trinajstić information content (AvgIpc) is 2.79. The molecule has 1 heterocycles. The van der Waals surface area contributed by atoms with Crippen LogP contribution in [0.3, 0.4) is 0 Å².